The van der Waals surface area contributed by atoms with Crippen LogP contribution in [-0.2, 0) is 28.7 Å². The normalized spacial score (nSPS) is 15.2. The number of amidine groups is 2. The van der Waals surface area contributed by atoms with E-state index in [1.165, 1.54) is 54.9 Å². The number of benzene rings is 2. The molecule has 1 unspecified atom stereocenters. The van der Waals surface area contributed by atoms with E-state index in [1.807, 2.05) is 0 Å². The van der Waals surface area contributed by atoms with Gasteiger partial charge in [-0.15, -0.1) is 0 Å². The maximum Gasteiger partial charge on any atom is 0.359 e. The molecule has 18 nitrogen and oxygen atoms in total. The zero-order valence-electron chi connectivity index (χ0n) is 33.6. The maximum absolute atomic E-state index is 12.2. The summed E-state index contributed by atoms with van der Waals surface area (Å²) in [5.74, 6) is -3.43. The molecule has 0 spiro atoms. The molecule has 4 aromatic rings. The van der Waals surface area contributed by atoms with Gasteiger partial charge in [-0.25, -0.2) is 29.5 Å². The van der Waals surface area contributed by atoms with Crippen molar-refractivity contribution in [2.45, 2.75) is 26.1 Å². The molecule has 0 radical (unpaired) electrons. The zero-order valence-corrected chi connectivity index (χ0v) is 27.6. The molecule has 3 heterocycles. The van der Waals surface area contributed by atoms with Crippen LogP contribution in [0.5, 0.6) is 23.0 Å². The van der Waals surface area contributed by atoms with Crippen molar-refractivity contribution < 1.29 is 61.2 Å². The van der Waals surface area contributed by atoms with Crippen molar-refractivity contribution in [2.24, 2.45) is 10.7 Å². The smallest absolute Gasteiger partial charge is 0.359 e. The number of nitrogens with one attached hydrogen (secondary N) is 1. The van der Waals surface area contributed by atoms with Crippen LogP contribution in [0.15, 0.2) is 90.4 Å². The van der Waals surface area contributed by atoms with Crippen LogP contribution in [0.25, 0.3) is 0 Å². The van der Waals surface area contributed by atoms with E-state index in [9.17, 15) is 19.2 Å². The molecule has 0 fully saturated rings. The van der Waals surface area contributed by atoms with Gasteiger partial charge in [0.25, 0.3) is 24.0 Å². The summed E-state index contributed by atoms with van der Waals surface area (Å²) in [6.45, 7) is 3.24. The molecule has 2 amide bonds. The summed E-state index contributed by atoms with van der Waals surface area (Å²) in [6.07, 6.45) is 2.78. The Balaban J connectivity index is 0.000000257. The summed E-state index contributed by atoms with van der Waals surface area (Å²) in [7, 11) is -5.42. The van der Waals surface area contributed by atoms with Gasteiger partial charge >= 0.3 is 17.8 Å². The fraction of sp³-hybridized carbons (Fsp3) is 0.235. The van der Waals surface area contributed by atoms with Gasteiger partial charge in [-0.05, 0) is 50.2 Å². The number of aromatic nitrogens is 4. The molecule has 18 heteroatoms. The summed E-state index contributed by atoms with van der Waals surface area (Å²) in [6, 6.07) is 14.8. The number of para-hydroxylation sites is 4. The van der Waals surface area contributed by atoms with Crippen LogP contribution in [-0.4, -0.2) is 94.9 Å². The second-order valence-corrected chi connectivity index (χ2v) is 9.49. The number of carbonyl (C=O) groups excluding carboxylic acids is 4. The molecule has 0 saturated heterocycles. The van der Waals surface area contributed by atoms with E-state index in [2.05, 4.69) is 30.2 Å². The SMILES string of the molecule is NC(=[NH2+])c1ncccn1.[2H]C([2H])([2H])Oc1ccccc1OC(C(=O)OCC)C(=O)OCC.[2H]C([2H])([2H])Oc1ccccc1OC1C(=O)N=C(c2ncccn2)NC1=O. The highest BCUT2D eigenvalue weighted by atomic mass is 16.6. The van der Waals surface area contributed by atoms with Crippen LogP contribution >= 0.6 is 0 Å². The highest BCUT2D eigenvalue weighted by Gasteiger charge is 2.36. The number of hydrogen-bond donors (Lipinski definition) is 3. The number of amides is 2. The van der Waals surface area contributed by atoms with Crippen molar-refractivity contribution in [2.75, 3.05) is 27.3 Å². The number of rotatable bonds is 12. The molecule has 5 rings (SSSR count). The second kappa shape index (κ2) is 20.5. The van der Waals surface area contributed by atoms with E-state index in [-0.39, 0.29) is 53.7 Å². The third-order valence-electron chi connectivity index (χ3n) is 5.94. The summed E-state index contributed by atoms with van der Waals surface area (Å²) in [4.78, 5) is 67.3. The first-order chi connectivity index (χ1) is 27.4. The molecule has 52 heavy (non-hydrogen) atoms. The average Bonchev–Trinajstić information content (AvgIpc) is 3.16. The Bertz CT molecular complexity index is 2040. The van der Waals surface area contributed by atoms with Gasteiger partial charge in [-0.1, -0.05) is 24.3 Å². The van der Waals surface area contributed by atoms with Gasteiger partial charge in [0.2, 0.25) is 5.82 Å². The van der Waals surface area contributed by atoms with Crippen molar-refractivity contribution in [1.82, 2.24) is 25.3 Å². The Morgan fingerprint density at radius 3 is 1.79 bits per heavy atom. The van der Waals surface area contributed by atoms with Gasteiger partial charge in [0, 0.05) is 24.8 Å². The Morgan fingerprint density at radius 2 is 1.31 bits per heavy atom. The molecule has 272 valence electrons. The lowest BCUT2D eigenvalue weighted by molar-refractivity contribution is -0.166. The molecule has 0 saturated carbocycles. The lowest BCUT2D eigenvalue weighted by atomic mass is 10.2. The van der Waals surface area contributed by atoms with Crippen LogP contribution in [0.2, 0.25) is 0 Å². The molecule has 0 aliphatic carbocycles. The number of aliphatic imine (C=N–C) groups is 1. The van der Waals surface area contributed by atoms with Crippen LogP contribution in [0.4, 0.5) is 0 Å². The number of esters is 2. The van der Waals surface area contributed by atoms with Crippen LogP contribution < -0.4 is 35.4 Å². The lowest BCUT2D eigenvalue weighted by Gasteiger charge is -2.21. The van der Waals surface area contributed by atoms with E-state index in [4.69, 9.17) is 47.8 Å². The summed E-state index contributed by atoms with van der Waals surface area (Å²) in [5.41, 5.74) is 5.18. The van der Waals surface area contributed by atoms with Crippen molar-refractivity contribution in [3.63, 3.8) is 0 Å². The number of hydrogen-bond acceptors (Lipinski definition) is 14. The minimum atomic E-state index is -2.71. The standard InChI is InChI=1S/C15H12N4O4.C14H18O6.C5H6N4/c1-22-9-5-2-3-6-10(9)23-11-14(20)18-13(19-15(11)21)12-16-7-4-8-17-12;1-4-18-13(15)12(14(16)19-5-2)20-11-9-7-6-8-10(11)17-3;6-4(7)5-8-2-1-3-9-5/h2-8,11H,1H3,(H,18,19,20,21);6-9,12H,4-5H2,1-3H3;1-3H,(H3,6,7)/p+1/i1D3;3D3;. The minimum Gasteiger partial charge on any atom is -0.493 e. The van der Waals surface area contributed by atoms with E-state index < -0.39 is 50.0 Å². The predicted molar refractivity (Wildman–Crippen MR) is 182 cm³/mol. The van der Waals surface area contributed by atoms with Crippen molar-refractivity contribution in [3.05, 3.63) is 97.1 Å². The number of ether oxygens (including phenoxy) is 6. The molecule has 1 aliphatic rings. The molecule has 2 aromatic heterocycles. The molecule has 2 aromatic carbocycles. The van der Waals surface area contributed by atoms with Gasteiger partial charge in [0.15, 0.2) is 34.7 Å². The van der Waals surface area contributed by atoms with Crippen LogP contribution in [0.3, 0.4) is 0 Å². The first-order valence-corrected chi connectivity index (χ1v) is 15.0. The van der Waals surface area contributed by atoms with Crippen LogP contribution in [0, 0.1) is 0 Å². The second-order valence-electron chi connectivity index (χ2n) is 9.49. The van der Waals surface area contributed by atoms with E-state index >= 15 is 0 Å². The Kier molecular flexibility index (Phi) is 12.2. The van der Waals surface area contributed by atoms with Gasteiger partial charge in [0.05, 0.1) is 35.5 Å². The summed E-state index contributed by atoms with van der Waals surface area (Å²) >= 11 is 0. The first kappa shape index (κ1) is 31.0. The first-order valence-electron chi connectivity index (χ1n) is 18.0. The van der Waals surface area contributed by atoms with Crippen LogP contribution in [0.1, 0.15) is 33.7 Å². The van der Waals surface area contributed by atoms with Gasteiger partial charge < -0.3 is 33.7 Å². The largest absolute Gasteiger partial charge is 0.493 e. The van der Waals surface area contributed by atoms with Gasteiger partial charge in [-0.2, -0.15) is 4.99 Å². The molecular formula is C34H37N8O10+. The van der Waals surface area contributed by atoms with Gasteiger partial charge in [0.1, 0.15) is 0 Å². The monoisotopic (exact) mass is 723 g/mol. The third kappa shape index (κ3) is 11.6. The van der Waals surface area contributed by atoms with Crippen molar-refractivity contribution in [1.29, 1.82) is 0 Å². The number of methoxy groups -OCH3 is 2. The average molecular weight is 724 g/mol. The minimum absolute atomic E-state index is 0.0471. The summed E-state index contributed by atoms with van der Waals surface area (Å²) < 4.78 is 72.6. The topological polar surface area (TPSA) is 251 Å². The molecule has 1 atom stereocenters. The Hall–Kier alpha value is -6.98. The Morgan fingerprint density at radius 1 is 0.808 bits per heavy atom. The number of carbonyl (C=O) groups is 4. The molecule has 5 N–H and O–H groups in total. The van der Waals surface area contributed by atoms with Gasteiger partial charge in [-0.3, -0.25) is 20.7 Å². The maximum atomic E-state index is 12.2. The van der Waals surface area contributed by atoms with E-state index in [1.54, 1.807) is 44.4 Å². The quantitative estimate of drug-likeness (QED) is 0.0744. The highest BCUT2D eigenvalue weighted by Crippen LogP contribution is 2.28. The van der Waals surface area contributed by atoms with E-state index in [0.717, 1.165) is 0 Å². The summed E-state index contributed by atoms with van der Waals surface area (Å²) in [5, 5.41) is 7.57. The number of nitrogens with two attached hydrogens (primary N) is 2. The fourth-order valence-corrected chi connectivity index (χ4v) is 3.72. The molecular weight excluding hydrogens is 680 g/mol. The Labute approximate surface area is 306 Å². The molecule has 0 bridgehead atoms. The molecule has 1 aliphatic heterocycles. The van der Waals surface area contributed by atoms with Crippen molar-refractivity contribution in [3.8, 4) is 23.0 Å². The fourth-order valence-electron chi connectivity index (χ4n) is 3.72. The predicted octanol–water partition coefficient (Wildman–Crippen LogP) is -0.154. The lowest BCUT2D eigenvalue weighted by Crippen LogP contribution is -2.50. The zero-order chi connectivity index (χ0) is 42.9. The number of nitrogens with zero attached hydrogens (tertiary/aromatic N) is 5. The highest BCUT2D eigenvalue weighted by molar-refractivity contribution is 6.21. The third-order valence-corrected chi connectivity index (χ3v) is 5.94. The van der Waals surface area contributed by atoms with Crippen molar-refractivity contribution >= 4 is 35.4 Å². The van der Waals surface area contributed by atoms with E-state index in [0.29, 0.717) is 5.82 Å².